The summed E-state index contributed by atoms with van der Waals surface area (Å²) in [5.41, 5.74) is 1.29. The molecule has 0 saturated heterocycles. The molecule has 0 N–H and O–H groups in total. The highest BCUT2D eigenvalue weighted by Gasteiger charge is 2.35. The summed E-state index contributed by atoms with van der Waals surface area (Å²) in [6.07, 6.45) is 5.56. The molecule has 1 saturated carbocycles. The van der Waals surface area contributed by atoms with Gasteiger partial charge in [0, 0.05) is 4.90 Å². The Balaban J connectivity index is 1.86. The highest BCUT2D eigenvalue weighted by Crippen LogP contribution is 2.49. The predicted octanol–water partition coefficient (Wildman–Crippen LogP) is 3.96. The van der Waals surface area contributed by atoms with Crippen molar-refractivity contribution >= 4 is 30.3 Å². The lowest BCUT2D eigenvalue weighted by atomic mass is 10.1. The second-order valence-electron chi connectivity index (χ2n) is 4.37. The summed E-state index contributed by atoms with van der Waals surface area (Å²) < 4.78 is 2.18. The van der Waals surface area contributed by atoms with E-state index < -0.39 is 0 Å². The third-order valence-corrected chi connectivity index (χ3v) is 5.46. The average molecular weight is 237 g/mol. The predicted molar refractivity (Wildman–Crippen MR) is 69.5 cm³/mol. The van der Waals surface area contributed by atoms with Crippen LogP contribution in [-0.2, 0) is 0 Å². The number of rotatable bonds is 1. The maximum Gasteiger partial charge on any atom is 0.0931 e. The lowest BCUT2D eigenvalue weighted by molar-refractivity contribution is 0.540. The molecule has 3 heteroatoms. The molecule has 3 rings (SSSR count). The summed E-state index contributed by atoms with van der Waals surface area (Å²) >= 11 is 6.65. The Kier molecular flexibility index (Phi) is 2.61. The third-order valence-electron chi connectivity index (χ3n) is 3.40. The molecule has 1 unspecified atom stereocenters. The summed E-state index contributed by atoms with van der Waals surface area (Å²) in [4.78, 5) is 1.39. The molecular formula is C12H15NS2. The van der Waals surface area contributed by atoms with Gasteiger partial charge in [0.2, 0.25) is 0 Å². The lowest BCUT2D eigenvalue weighted by Gasteiger charge is -2.25. The van der Waals surface area contributed by atoms with E-state index in [4.69, 9.17) is 0 Å². The van der Waals surface area contributed by atoms with Crippen molar-refractivity contribution in [2.24, 2.45) is 5.92 Å². The van der Waals surface area contributed by atoms with Crippen molar-refractivity contribution < 1.29 is 0 Å². The number of benzene rings is 1. The van der Waals surface area contributed by atoms with Gasteiger partial charge in [0.25, 0.3) is 0 Å². The van der Waals surface area contributed by atoms with Crippen LogP contribution in [0.3, 0.4) is 0 Å². The maximum atomic E-state index is 4.65. The fourth-order valence-corrected chi connectivity index (χ4v) is 4.56. The summed E-state index contributed by atoms with van der Waals surface area (Å²) in [5.74, 6) is 0.833. The Labute approximate surface area is 101 Å². The molecule has 15 heavy (non-hydrogen) atoms. The monoisotopic (exact) mass is 237 g/mol. The molecule has 80 valence electrons. The van der Waals surface area contributed by atoms with E-state index in [0.29, 0.717) is 5.37 Å². The molecule has 1 fully saturated rings. The van der Waals surface area contributed by atoms with Crippen LogP contribution in [0.1, 0.15) is 25.7 Å². The van der Waals surface area contributed by atoms with E-state index in [0.717, 1.165) is 5.92 Å². The standard InChI is InChI=1S/C12H15NS2/c14-13-10-7-3-4-8-11(10)15-12(13)9-5-1-2-6-9/h3-4,7-9,12,14H,1-2,5-6H2. The van der Waals surface area contributed by atoms with Crippen molar-refractivity contribution in [2.45, 2.75) is 36.0 Å². The third kappa shape index (κ3) is 1.66. The van der Waals surface area contributed by atoms with Crippen molar-refractivity contribution in [1.29, 1.82) is 0 Å². The van der Waals surface area contributed by atoms with E-state index in [1.165, 1.54) is 36.3 Å². The molecule has 1 heterocycles. The fourth-order valence-electron chi connectivity index (χ4n) is 2.60. The molecule has 0 bridgehead atoms. The second kappa shape index (κ2) is 3.95. The van der Waals surface area contributed by atoms with Crippen molar-refractivity contribution in [3.05, 3.63) is 24.3 Å². The quantitative estimate of drug-likeness (QED) is 0.736. The minimum absolute atomic E-state index is 0.563. The first kappa shape index (κ1) is 9.91. The van der Waals surface area contributed by atoms with Crippen molar-refractivity contribution in [1.82, 2.24) is 0 Å². The van der Waals surface area contributed by atoms with Gasteiger partial charge in [-0.3, -0.25) is 0 Å². The number of para-hydroxylation sites is 1. The highest BCUT2D eigenvalue weighted by molar-refractivity contribution is 8.01. The molecule has 1 aliphatic carbocycles. The summed E-state index contributed by atoms with van der Waals surface area (Å²) in [5, 5.41) is 0.563. The van der Waals surface area contributed by atoms with Crippen LogP contribution in [-0.4, -0.2) is 5.37 Å². The minimum Gasteiger partial charge on any atom is -0.304 e. The van der Waals surface area contributed by atoms with Gasteiger partial charge in [0.05, 0.1) is 11.1 Å². The maximum absolute atomic E-state index is 4.65. The Hall–Kier alpha value is -0.280. The second-order valence-corrected chi connectivity index (χ2v) is 5.95. The summed E-state index contributed by atoms with van der Waals surface area (Å²) in [6.45, 7) is 0. The molecule has 1 nitrogen and oxygen atoms in total. The first-order valence-electron chi connectivity index (χ1n) is 5.60. The van der Waals surface area contributed by atoms with Crippen LogP contribution in [0.2, 0.25) is 0 Å². The van der Waals surface area contributed by atoms with Crippen LogP contribution in [0.5, 0.6) is 0 Å². The van der Waals surface area contributed by atoms with Gasteiger partial charge in [-0.1, -0.05) is 49.6 Å². The number of hydrogen-bond acceptors (Lipinski definition) is 3. The molecule has 1 aromatic carbocycles. The zero-order valence-electron chi connectivity index (χ0n) is 8.60. The summed E-state index contributed by atoms with van der Waals surface area (Å²) in [7, 11) is 0. The number of nitrogens with zero attached hydrogens (tertiary/aromatic N) is 1. The van der Waals surface area contributed by atoms with E-state index in [9.17, 15) is 0 Å². The Morgan fingerprint density at radius 2 is 1.93 bits per heavy atom. The first-order valence-corrected chi connectivity index (χ1v) is 6.88. The van der Waals surface area contributed by atoms with Crippen molar-refractivity contribution in [3.8, 4) is 0 Å². The van der Waals surface area contributed by atoms with E-state index >= 15 is 0 Å². The van der Waals surface area contributed by atoms with Crippen LogP contribution < -0.4 is 4.31 Å². The number of hydrogen-bond donors (Lipinski definition) is 1. The minimum atomic E-state index is 0.563. The number of thiol groups is 1. The van der Waals surface area contributed by atoms with Crippen LogP contribution in [0.15, 0.2) is 29.2 Å². The number of thioether (sulfide) groups is 1. The van der Waals surface area contributed by atoms with Gasteiger partial charge in [0.15, 0.2) is 0 Å². The van der Waals surface area contributed by atoms with Gasteiger partial charge in [-0.2, -0.15) is 0 Å². The number of anilines is 1. The SMILES string of the molecule is SN1c2ccccc2SC1C1CCCC1. The number of fused-ring (bicyclic) bond motifs is 1. The van der Waals surface area contributed by atoms with E-state index in [-0.39, 0.29) is 0 Å². The summed E-state index contributed by atoms with van der Waals surface area (Å²) in [6, 6.07) is 8.59. The molecule has 0 amide bonds. The van der Waals surface area contributed by atoms with Crippen LogP contribution in [0.4, 0.5) is 5.69 Å². The molecule has 1 atom stereocenters. The van der Waals surface area contributed by atoms with E-state index in [1.807, 2.05) is 11.8 Å². The van der Waals surface area contributed by atoms with Gasteiger partial charge in [-0.15, -0.1) is 0 Å². The molecule has 0 aromatic heterocycles. The van der Waals surface area contributed by atoms with Gasteiger partial charge >= 0.3 is 0 Å². The normalized spacial score (nSPS) is 25.9. The van der Waals surface area contributed by atoms with Crippen LogP contribution >= 0.6 is 24.6 Å². The fraction of sp³-hybridized carbons (Fsp3) is 0.500. The highest BCUT2D eigenvalue weighted by atomic mass is 32.2. The largest absolute Gasteiger partial charge is 0.304 e. The topological polar surface area (TPSA) is 3.24 Å². The van der Waals surface area contributed by atoms with E-state index in [2.05, 4.69) is 41.4 Å². The van der Waals surface area contributed by atoms with Crippen LogP contribution in [0.25, 0.3) is 0 Å². The van der Waals surface area contributed by atoms with Crippen molar-refractivity contribution in [2.75, 3.05) is 4.31 Å². The van der Waals surface area contributed by atoms with Gasteiger partial charge < -0.3 is 4.31 Å². The van der Waals surface area contributed by atoms with Gasteiger partial charge in [0.1, 0.15) is 0 Å². The zero-order valence-corrected chi connectivity index (χ0v) is 10.3. The average Bonchev–Trinajstić information content (AvgIpc) is 2.87. The Bertz CT molecular complexity index is 360. The van der Waals surface area contributed by atoms with Crippen molar-refractivity contribution in [3.63, 3.8) is 0 Å². The van der Waals surface area contributed by atoms with Gasteiger partial charge in [-0.25, -0.2) is 0 Å². The molecule has 2 aliphatic rings. The van der Waals surface area contributed by atoms with Crippen LogP contribution in [0, 0.1) is 5.92 Å². The van der Waals surface area contributed by atoms with E-state index in [1.54, 1.807) is 0 Å². The molecule has 0 radical (unpaired) electrons. The molecular weight excluding hydrogens is 222 g/mol. The lowest BCUT2D eigenvalue weighted by Crippen LogP contribution is -2.26. The Morgan fingerprint density at radius 3 is 2.67 bits per heavy atom. The Morgan fingerprint density at radius 1 is 1.20 bits per heavy atom. The van der Waals surface area contributed by atoms with Gasteiger partial charge in [-0.05, 0) is 30.9 Å². The zero-order chi connectivity index (χ0) is 10.3. The molecule has 1 aromatic rings. The molecule has 0 spiro atoms. The first-order chi connectivity index (χ1) is 7.36. The smallest absolute Gasteiger partial charge is 0.0931 e. The molecule has 1 aliphatic heterocycles.